The van der Waals surface area contributed by atoms with Gasteiger partial charge >= 0.3 is 11.9 Å². The minimum atomic E-state index is -1.38. The number of esters is 2. The Balaban J connectivity index is 4.39. The third-order valence-electron chi connectivity index (χ3n) is 9.41. The maximum absolute atomic E-state index is 12.8. The smallest absolute Gasteiger partial charge is 0.306 e. The molecule has 304 valence electrons. The van der Waals surface area contributed by atoms with E-state index in [9.17, 15) is 14.4 Å². The fourth-order valence-corrected chi connectivity index (χ4v) is 6.06. The number of nitrogens with two attached hydrogens (primary N) is 1. The first-order valence-corrected chi connectivity index (χ1v) is 21.5. The van der Waals surface area contributed by atoms with Crippen LogP contribution >= 0.6 is 0 Å². The second kappa shape index (κ2) is 38.5. The van der Waals surface area contributed by atoms with Crippen LogP contribution in [-0.2, 0) is 28.6 Å². The molecule has 0 radical (unpaired) electrons. The molecule has 8 nitrogen and oxygen atoms in total. The van der Waals surface area contributed by atoms with Gasteiger partial charge in [0, 0.05) is 19.4 Å². The van der Waals surface area contributed by atoms with Gasteiger partial charge in [-0.2, -0.15) is 0 Å². The highest BCUT2D eigenvalue weighted by atomic mass is 16.6. The molecule has 0 spiro atoms. The molecule has 0 aromatic heterocycles. The summed E-state index contributed by atoms with van der Waals surface area (Å²) in [6.45, 7) is 5.47. The number of rotatable bonds is 39. The van der Waals surface area contributed by atoms with Crippen molar-refractivity contribution in [3.63, 3.8) is 0 Å². The van der Waals surface area contributed by atoms with E-state index in [1.807, 2.05) is 19.0 Å². The summed E-state index contributed by atoms with van der Waals surface area (Å²) >= 11 is 0. The van der Waals surface area contributed by atoms with E-state index >= 15 is 0 Å². The van der Waals surface area contributed by atoms with Crippen LogP contribution in [0.2, 0.25) is 0 Å². The van der Waals surface area contributed by atoms with Gasteiger partial charge in [-0.15, -0.1) is 0 Å². The molecule has 0 heterocycles. The molecule has 2 unspecified atom stereocenters. The first kappa shape index (κ1) is 49.8. The Kier molecular flexibility index (Phi) is 36.9. The minimum Gasteiger partial charge on any atom is -0.455 e. The summed E-state index contributed by atoms with van der Waals surface area (Å²) in [4.78, 5) is 39.8. The van der Waals surface area contributed by atoms with Crippen molar-refractivity contribution >= 4 is 17.8 Å². The van der Waals surface area contributed by atoms with E-state index in [0.29, 0.717) is 26.0 Å². The van der Waals surface area contributed by atoms with Crippen molar-refractivity contribution in [2.45, 2.75) is 206 Å². The molecular weight excluding hydrogens is 652 g/mol. The number of nitrogens with zero attached hydrogens (tertiary/aromatic N) is 1. The Morgan fingerprint density at radius 2 is 0.904 bits per heavy atom. The van der Waals surface area contributed by atoms with Gasteiger partial charge in [0.2, 0.25) is 6.10 Å². The predicted octanol–water partition coefficient (Wildman–Crippen LogP) is 10.9. The molecule has 1 amide bonds. The Hall–Kier alpha value is -2.19. The summed E-state index contributed by atoms with van der Waals surface area (Å²) in [5, 5.41) is 0. The van der Waals surface area contributed by atoms with Crippen molar-refractivity contribution in [2.24, 2.45) is 5.73 Å². The number of hydrogen-bond donors (Lipinski definition) is 1. The fourth-order valence-electron chi connectivity index (χ4n) is 6.06. The van der Waals surface area contributed by atoms with Crippen LogP contribution in [0.5, 0.6) is 0 Å². The monoisotopic (exact) mass is 735 g/mol. The lowest BCUT2D eigenvalue weighted by atomic mass is 10.1. The van der Waals surface area contributed by atoms with Gasteiger partial charge in [-0.1, -0.05) is 141 Å². The van der Waals surface area contributed by atoms with Gasteiger partial charge in [-0.05, 0) is 78.3 Å². The number of carbonyl (C=O) groups excluding carboxylic acids is 3. The average Bonchev–Trinajstić information content (AvgIpc) is 3.11. The van der Waals surface area contributed by atoms with Crippen molar-refractivity contribution in [3.05, 3.63) is 24.3 Å². The lowest BCUT2D eigenvalue weighted by Crippen LogP contribution is -2.47. The van der Waals surface area contributed by atoms with Gasteiger partial charge in [0.05, 0.1) is 13.2 Å². The number of carbonyl (C=O) groups is 3. The molecule has 0 rings (SSSR count). The Labute approximate surface area is 320 Å². The molecule has 0 aliphatic carbocycles. The molecule has 0 aliphatic heterocycles. The maximum atomic E-state index is 12.8. The van der Waals surface area contributed by atoms with Gasteiger partial charge in [0.1, 0.15) is 0 Å². The van der Waals surface area contributed by atoms with Crippen molar-refractivity contribution in [1.82, 2.24) is 4.90 Å². The lowest BCUT2D eigenvalue weighted by Gasteiger charge is -2.25. The van der Waals surface area contributed by atoms with Gasteiger partial charge < -0.3 is 24.8 Å². The summed E-state index contributed by atoms with van der Waals surface area (Å²) in [7, 11) is 3.86. The Morgan fingerprint density at radius 3 is 1.29 bits per heavy atom. The molecule has 0 aromatic carbocycles. The van der Waals surface area contributed by atoms with Crippen molar-refractivity contribution in [2.75, 3.05) is 33.9 Å². The van der Waals surface area contributed by atoms with Crippen molar-refractivity contribution < 1.29 is 28.6 Å². The normalized spacial score (nSPS) is 12.9. The summed E-state index contributed by atoms with van der Waals surface area (Å²) in [5.41, 5.74) is 5.65. The van der Waals surface area contributed by atoms with Gasteiger partial charge in [0.25, 0.3) is 5.91 Å². The summed E-state index contributed by atoms with van der Waals surface area (Å²) < 4.78 is 16.9. The zero-order valence-electron chi connectivity index (χ0n) is 34.4. The highest BCUT2D eigenvalue weighted by Crippen LogP contribution is 2.15. The molecule has 0 aliphatic rings. The molecule has 0 aromatic rings. The van der Waals surface area contributed by atoms with Gasteiger partial charge in [-0.3, -0.25) is 14.4 Å². The Bertz CT molecular complexity index is 890. The first-order valence-electron chi connectivity index (χ1n) is 21.5. The number of primary amides is 1. The number of unbranched alkanes of at least 4 members (excludes halogenated alkanes) is 22. The quantitative estimate of drug-likeness (QED) is 0.0380. The van der Waals surface area contributed by atoms with Gasteiger partial charge in [-0.25, -0.2) is 0 Å². The van der Waals surface area contributed by atoms with Crippen LogP contribution in [0.15, 0.2) is 24.3 Å². The molecular formula is C44H82N2O6. The summed E-state index contributed by atoms with van der Waals surface area (Å²) in [6.07, 6.45) is 37.7. The molecule has 0 saturated carbocycles. The third kappa shape index (κ3) is 34.9. The lowest BCUT2D eigenvalue weighted by molar-refractivity contribution is -0.176. The van der Waals surface area contributed by atoms with Crippen LogP contribution in [0.3, 0.4) is 0 Å². The predicted molar refractivity (Wildman–Crippen MR) is 217 cm³/mol. The van der Waals surface area contributed by atoms with E-state index in [-0.39, 0.29) is 19.4 Å². The van der Waals surface area contributed by atoms with Crippen LogP contribution in [-0.4, -0.2) is 68.8 Å². The van der Waals surface area contributed by atoms with Gasteiger partial charge in [0.15, 0.2) is 6.10 Å². The van der Waals surface area contributed by atoms with E-state index in [0.717, 1.165) is 64.2 Å². The number of allylic oxidation sites excluding steroid dienone is 4. The molecule has 52 heavy (non-hydrogen) atoms. The summed E-state index contributed by atoms with van der Waals surface area (Å²) in [6, 6.07) is 0. The first-order chi connectivity index (χ1) is 25.3. The van der Waals surface area contributed by atoms with Crippen LogP contribution in [0.1, 0.15) is 194 Å². The molecule has 8 heteroatoms. The number of hydrogen-bond acceptors (Lipinski definition) is 7. The molecule has 2 atom stereocenters. The number of amides is 1. The van der Waals surface area contributed by atoms with E-state index < -0.39 is 30.1 Å². The number of ether oxygens (including phenoxy) is 3. The topological polar surface area (TPSA) is 108 Å². The molecule has 0 saturated heterocycles. The molecule has 2 N–H and O–H groups in total. The largest absolute Gasteiger partial charge is 0.455 e. The molecule has 0 fully saturated rings. The Morgan fingerprint density at radius 1 is 0.538 bits per heavy atom. The van der Waals surface area contributed by atoms with Crippen LogP contribution in [0.4, 0.5) is 0 Å². The van der Waals surface area contributed by atoms with E-state index in [1.54, 1.807) is 0 Å². The third-order valence-corrected chi connectivity index (χ3v) is 9.41. The second-order valence-electron chi connectivity index (χ2n) is 14.9. The molecule has 0 bridgehead atoms. The van der Waals surface area contributed by atoms with Crippen molar-refractivity contribution in [3.8, 4) is 0 Å². The second-order valence-corrected chi connectivity index (χ2v) is 14.9. The summed E-state index contributed by atoms with van der Waals surface area (Å²) in [5.74, 6) is -1.78. The highest BCUT2D eigenvalue weighted by Gasteiger charge is 2.33. The number of likely N-dealkylation sites (N-methyl/N-ethyl adjacent to an activating group) is 1. The standard InChI is InChI=1S/C44H82N2O6/c1-5-7-9-11-13-15-17-19-21-23-25-27-29-31-33-35-41(47)51-40(39-50-38-37-46(3)4)43(44(45)49)52-42(48)36-34-32-30-28-26-24-22-20-18-16-14-12-10-8-6-2/h19-22,40,43H,5-18,23-39H2,1-4H3,(H2,45,49)/b21-19-,22-20-. The minimum absolute atomic E-state index is 0.0692. The zero-order valence-corrected chi connectivity index (χ0v) is 34.4. The SMILES string of the molecule is CCCCCCCC/C=C\CCCCCCCC(=O)OC(COCCN(C)C)C(OC(=O)CCCCCCC/C=C\CCCCCCCC)C(N)=O. The average molecular weight is 735 g/mol. The highest BCUT2D eigenvalue weighted by molar-refractivity contribution is 5.83. The van der Waals surface area contributed by atoms with E-state index in [2.05, 4.69) is 38.2 Å². The van der Waals surface area contributed by atoms with Crippen LogP contribution in [0.25, 0.3) is 0 Å². The van der Waals surface area contributed by atoms with Crippen LogP contribution < -0.4 is 5.73 Å². The zero-order chi connectivity index (χ0) is 38.3. The van der Waals surface area contributed by atoms with Crippen molar-refractivity contribution in [1.29, 1.82) is 0 Å². The maximum Gasteiger partial charge on any atom is 0.306 e. The fraction of sp³-hybridized carbons (Fsp3) is 0.841. The van der Waals surface area contributed by atoms with Crippen LogP contribution in [0, 0.1) is 0 Å². The van der Waals surface area contributed by atoms with E-state index in [1.165, 1.54) is 89.9 Å². The van der Waals surface area contributed by atoms with E-state index in [4.69, 9.17) is 19.9 Å².